The van der Waals surface area contributed by atoms with Crippen molar-refractivity contribution in [1.82, 2.24) is 9.80 Å². The standard InChI is InChI=1S/C15H22N4O2/c1-18(2)15(21)10-4-6-12(16)13(8-10)17-11-5-7-14(20)19(3)9-11/h4,6,8,11,17H,5,7,9,16H2,1-3H3. The molecule has 0 radical (unpaired) electrons. The van der Waals surface area contributed by atoms with Gasteiger partial charge in [0.05, 0.1) is 11.4 Å². The molecule has 0 spiro atoms. The fraction of sp³-hybridized carbons (Fsp3) is 0.467. The van der Waals surface area contributed by atoms with E-state index in [1.165, 1.54) is 4.90 Å². The van der Waals surface area contributed by atoms with Crippen molar-refractivity contribution in [2.24, 2.45) is 0 Å². The van der Waals surface area contributed by atoms with Crippen LogP contribution in [0.15, 0.2) is 18.2 Å². The molecule has 1 atom stereocenters. The predicted octanol–water partition coefficient (Wildman–Crippen LogP) is 1.00. The minimum atomic E-state index is -0.0611. The summed E-state index contributed by atoms with van der Waals surface area (Å²) in [7, 11) is 5.23. The molecule has 3 N–H and O–H groups in total. The van der Waals surface area contributed by atoms with E-state index in [1.54, 1.807) is 44.2 Å². The first-order chi connectivity index (χ1) is 9.88. The number of rotatable bonds is 3. The van der Waals surface area contributed by atoms with E-state index in [-0.39, 0.29) is 17.9 Å². The van der Waals surface area contributed by atoms with Crippen LogP contribution in [0.1, 0.15) is 23.2 Å². The van der Waals surface area contributed by atoms with Gasteiger partial charge < -0.3 is 20.9 Å². The second kappa shape index (κ2) is 6.03. The number of likely N-dealkylation sites (N-methyl/N-ethyl adjacent to an activating group) is 1. The Labute approximate surface area is 124 Å². The second-order valence-electron chi connectivity index (χ2n) is 5.66. The maximum atomic E-state index is 12.0. The number of amides is 2. The summed E-state index contributed by atoms with van der Waals surface area (Å²) >= 11 is 0. The topological polar surface area (TPSA) is 78.7 Å². The largest absolute Gasteiger partial charge is 0.397 e. The van der Waals surface area contributed by atoms with E-state index < -0.39 is 0 Å². The number of piperidine rings is 1. The summed E-state index contributed by atoms with van der Waals surface area (Å²) in [6.07, 6.45) is 1.30. The summed E-state index contributed by atoms with van der Waals surface area (Å²) in [6.45, 7) is 0.643. The lowest BCUT2D eigenvalue weighted by molar-refractivity contribution is -0.132. The minimum Gasteiger partial charge on any atom is -0.397 e. The van der Waals surface area contributed by atoms with E-state index in [4.69, 9.17) is 5.73 Å². The highest BCUT2D eigenvalue weighted by atomic mass is 16.2. The van der Waals surface area contributed by atoms with E-state index >= 15 is 0 Å². The number of hydrogen-bond acceptors (Lipinski definition) is 4. The molecule has 1 fully saturated rings. The Morgan fingerprint density at radius 2 is 2.14 bits per heavy atom. The predicted molar refractivity (Wildman–Crippen MR) is 83.2 cm³/mol. The molecule has 1 unspecified atom stereocenters. The first-order valence-electron chi connectivity index (χ1n) is 7.00. The van der Waals surface area contributed by atoms with Gasteiger partial charge in [0.1, 0.15) is 0 Å². The number of nitrogen functional groups attached to an aromatic ring is 1. The van der Waals surface area contributed by atoms with Gasteiger partial charge in [-0.25, -0.2) is 0 Å². The highest BCUT2D eigenvalue weighted by molar-refractivity contribution is 5.96. The third kappa shape index (κ3) is 3.45. The molecule has 0 aromatic heterocycles. The van der Waals surface area contributed by atoms with Crippen LogP contribution in [-0.2, 0) is 4.79 Å². The van der Waals surface area contributed by atoms with Crippen LogP contribution in [0.25, 0.3) is 0 Å². The molecule has 1 aliphatic rings. The monoisotopic (exact) mass is 290 g/mol. The van der Waals surface area contributed by atoms with Crippen molar-refractivity contribution in [2.45, 2.75) is 18.9 Å². The van der Waals surface area contributed by atoms with Crippen molar-refractivity contribution < 1.29 is 9.59 Å². The number of carbonyl (C=O) groups is 2. The highest BCUT2D eigenvalue weighted by Gasteiger charge is 2.23. The lowest BCUT2D eigenvalue weighted by atomic mass is 10.0. The molecule has 21 heavy (non-hydrogen) atoms. The molecule has 1 heterocycles. The minimum absolute atomic E-state index is 0.0611. The van der Waals surface area contributed by atoms with Gasteiger partial charge in [0, 0.05) is 45.7 Å². The number of hydrogen-bond donors (Lipinski definition) is 2. The molecule has 6 heteroatoms. The first kappa shape index (κ1) is 15.2. The summed E-state index contributed by atoms with van der Waals surface area (Å²) in [6, 6.07) is 5.38. The van der Waals surface area contributed by atoms with E-state index in [0.717, 1.165) is 12.1 Å². The van der Waals surface area contributed by atoms with Crippen LogP contribution in [0, 0.1) is 0 Å². The quantitative estimate of drug-likeness (QED) is 0.814. The summed E-state index contributed by atoms with van der Waals surface area (Å²) < 4.78 is 0. The van der Waals surface area contributed by atoms with Gasteiger partial charge in [-0.05, 0) is 24.6 Å². The normalized spacial score (nSPS) is 18.5. The number of anilines is 2. The number of benzene rings is 1. The van der Waals surface area contributed by atoms with Crippen molar-refractivity contribution in [1.29, 1.82) is 0 Å². The van der Waals surface area contributed by atoms with Crippen molar-refractivity contribution in [3.8, 4) is 0 Å². The SMILES string of the molecule is CN(C)C(=O)c1ccc(N)c(NC2CCC(=O)N(C)C2)c1. The van der Waals surface area contributed by atoms with E-state index in [2.05, 4.69) is 5.32 Å². The molecule has 1 aliphatic heterocycles. The zero-order valence-corrected chi connectivity index (χ0v) is 12.7. The first-order valence-corrected chi connectivity index (χ1v) is 7.00. The number of carbonyl (C=O) groups excluding carboxylic acids is 2. The fourth-order valence-corrected chi connectivity index (χ4v) is 2.42. The fourth-order valence-electron chi connectivity index (χ4n) is 2.42. The number of nitrogens with one attached hydrogen (secondary N) is 1. The Bertz CT molecular complexity index is 557. The maximum Gasteiger partial charge on any atom is 0.253 e. The van der Waals surface area contributed by atoms with Crippen LogP contribution in [0.4, 0.5) is 11.4 Å². The molecular weight excluding hydrogens is 268 g/mol. The Morgan fingerprint density at radius 3 is 2.76 bits per heavy atom. The smallest absolute Gasteiger partial charge is 0.253 e. The third-order valence-corrected chi connectivity index (χ3v) is 3.69. The molecule has 114 valence electrons. The average Bonchev–Trinajstić information content (AvgIpc) is 2.44. The van der Waals surface area contributed by atoms with E-state index in [0.29, 0.717) is 24.2 Å². The summed E-state index contributed by atoms with van der Waals surface area (Å²) in [5, 5.41) is 3.34. The van der Waals surface area contributed by atoms with Gasteiger partial charge in [-0.2, -0.15) is 0 Å². The number of nitrogens with zero attached hydrogens (tertiary/aromatic N) is 2. The summed E-state index contributed by atoms with van der Waals surface area (Å²) in [5.74, 6) is 0.103. The molecule has 2 amide bonds. The van der Waals surface area contributed by atoms with Crippen LogP contribution < -0.4 is 11.1 Å². The molecule has 2 rings (SSSR count). The van der Waals surface area contributed by atoms with Crippen molar-refractivity contribution in [3.63, 3.8) is 0 Å². The Balaban J connectivity index is 2.14. The number of likely N-dealkylation sites (tertiary alicyclic amines) is 1. The zero-order chi connectivity index (χ0) is 15.6. The van der Waals surface area contributed by atoms with Gasteiger partial charge in [0.15, 0.2) is 0 Å². The molecule has 0 aliphatic carbocycles. The Kier molecular flexibility index (Phi) is 4.35. The zero-order valence-electron chi connectivity index (χ0n) is 12.7. The summed E-state index contributed by atoms with van der Waals surface area (Å²) in [5.41, 5.74) is 7.92. The van der Waals surface area contributed by atoms with Crippen LogP contribution in [0.2, 0.25) is 0 Å². The average molecular weight is 290 g/mol. The van der Waals surface area contributed by atoms with Gasteiger partial charge >= 0.3 is 0 Å². The molecule has 0 saturated carbocycles. The van der Waals surface area contributed by atoms with Gasteiger partial charge in [-0.1, -0.05) is 0 Å². The van der Waals surface area contributed by atoms with Crippen LogP contribution in [0.3, 0.4) is 0 Å². The molecule has 6 nitrogen and oxygen atoms in total. The van der Waals surface area contributed by atoms with E-state index in [1.807, 2.05) is 0 Å². The van der Waals surface area contributed by atoms with Crippen LogP contribution in [-0.4, -0.2) is 55.3 Å². The van der Waals surface area contributed by atoms with E-state index in [9.17, 15) is 9.59 Å². The van der Waals surface area contributed by atoms with Crippen molar-refractivity contribution >= 4 is 23.2 Å². The Morgan fingerprint density at radius 1 is 1.43 bits per heavy atom. The molecular formula is C15H22N4O2. The Hall–Kier alpha value is -2.24. The molecule has 0 bridgehead atoms. The van der Waals surface area contributed by atoms with Crippen LogP contribution in [0.5, 0.6) is 0 Å². The second-order valence-corrected chi connectivity index (χ2v) is 5.66. The van der Waals surface area contributed by atoms with Crippen molar-refractivity contribution in [3.05, 3.63) is 23.8 Å². The lowest BCUT2D eigenvalue weighted by Crippen LogP contribution is -2.43. The van der Waals surface area contributed by atoms with Gasteiger partial charge in [0.25, 0.3) is 5.91 Å². The van der Waals surface area contributed by atoms with Gasteiger partial charge in [-0.15, -0.1) is 0 Å². The van der Waals surface area contributed by atoms with Gasteiger partial charge in [-0.3, -0.25) is 9.59 Å². The van der Waals surface area contributed by atoms with Gasteiger partial charge in [0.2, 0.25) is 5.91 Å². The molecule has 1 aromatic rings. The van der Waals surface area contributed by atoms with Crippen LogP contribution >= 0.6 is 0 Å². The highest BCUT2D eigenvalue weighted by Crippen LogP contribution is 2.24. The van der Waals surface area contributed by atoms with Crippen molar-refractivity contribution in [2.75, 3.05) is 38.7 Å². The summed E-state index contributed by atoms with van der Waals surface area (Å²) in [4.78, 5) is 26.7. The third-order valence-electron chi connectivity index (χ3n) is 3.69. The molecule has 1 saturated heterocycles. The maximum absolute atomic E-state index is 12.0. The molecule has 1 aromatic carbocycles. The number of nitrogens with two attached hydrogens (primary N) is 1. The lowest BCUT2D eigenvalue weighted by Gasteiger charge is -2.31.